The zero-order valence-electron chi connectivity index (χ0n) is 56.4. The first-order valence-electron chi connectivity index (χ1n) is 34.4. The molecule has 6 nitrogen and oxygen atoms in total. The van der Waals surface area contributed by atoms with Gasteiger partial charge in [-0.1, -0.05) is 171 Å². The maximum atomic E-state index is 4.85. The van der Waals surface area contributed by atoms with E-state index in [0.29, 0.717) is 23.7 Å². The van der Waals surface area contributed by atoms with Crippen molar-refractivity contribution in [1.29, 1.82) is 0 Å². The molecule has 2 saturated carbocycles. The third-order valence-electron chi connectivity index (χ3n) is 18.6. The van der Waals surface area contributed by atoms with E-state index in [1.807, 2.05) is 67.1 Å². The maximum Gasteiger partial charge on any atom is 0.0602 e. The van der Waals surface area contributed by atoms with Crippen molar-refractivity contribution in [2.75, 3.05) is 0 Å². The summed E-state index contributed by atoms with van der Waals surface area (Å²) in [5.74, 6) is 5.24. The Hall–Kier alpha value is -7.44. The number of benzene rings is 9. The molecule has 14 rings (SSSR count). The quantitative estimate of drug-likeness (QED) is 0.0854. The maximum absolute atomic E-state index is 4.85. The van der Waals surface area contributed by atoms with Gasteiger partial charge in [-0.3, -0.25) is 15.0 Å². The Labute approximate surface area is 612 Å². The molecule has 0 N–H and O–H groups in total. The predicted octanol–water partition coefficient (Wildman–Crippen LogP) is 22.6. The molecule has 3 aromatic heterocycles. The van der Waals surface area contributed by atoms with Crippen LogP contribution in [0.15, 0.2) is 237 Å². The van der Waals surface area contributed by atoms with Crippen LogP contribution in [0.1, 0.15) is 151 Å². The molecule has 3 radical (unpaired) electrons. The van der Waals surface area contributed by atoms with E-state index in [4.69, 9.17) is 9.97 Å². The van der Waals surface area contributed by atoms with Crippen molar-refractivity contribution in [2.45, 2.75) is 143 Å². The van der Waals surface area contributed by atoms with Crippen LogP contribution in [0.3, 0.4) is 0 Å². The van der Waals surface area contributed by atoms with E-state index in [2.05, 4.69) is 249 Å². The summed E-state index contributed by atoms with van der Waals surface area (Å²) in [7, 11) is 0. The standard InChI is InChI=1S/C33H35N2.C29H31N2.C25H23N2.3Ir/c1-5-13-25(14-6-1)29-23-30(26-15-7-2-8-16-26)32(31(24-29)27-17-9-3-10-18-27)35-22-21-34-33(35)28-19-11-4-12-20-28;1-21(2)17-26-19-25(23-11-7-5-8-12-23)20-27(18-22(3)4)28(26)31-16-15-30-29(31)24-13-9-6-10-14-24;1-3-19-17-23(21-11-7-5-8-12-21)18-20(4-2)24(19)27-16-15-26-25(27)22-13-9-6-10-14-22;;;/h1,4-6,11-14,19,21-24,26-27H,2-3,7-10,15-18H2;5-13,15-16,19-22H,17-18H2,1-4H3;5-13,15-18H,3-4H2,1-2H3;;;/q3*-1;;;. The van der Waals surface area contributed by atoms with Gasteiger partial charge in [0.1, 0.15) is 0 Å². The second kappa shape index (κ2) is 35.7. The van der Waals surface area contributed by atoms with Gasteiger partial charge in [0.25, 0.3) is 0 Å². The topological polar surface area (TPSA) is 53.5 Å². The van der Waals surface area contributed by atoms with Gasteiger partial charge in [0.05, 0.1) is 17.5 Å². The molecule has 2 aliphatic rings. The van der Waals surface area contributed by atoms with Crippen LogP contribution in [0, 0.1) is 30.0 Å². The number of rotatable bonds is 17. The molecule has 96 heavy (non-hydrogen) atoms. The molecule has 9 aromatic carbocycles. The Bertz CT molecular complexity index is 4200. The zero-order chi connectivity index (χ0) is 63.9. The van der Waals surface area contributed by atoms with Crippen molar-refractivity contribution in [3.05, 3.63) is 289 Å². The third-order valence-corrected chi connectivity index (χ3v) is 18.6. The third kappa shape index (κ3) is 17.4. The summed E-state index contributed by atoms with van der Waals surface area (Å²) in [5.41, 5.74) is 23.3. The summed E-state index contributed by atoms with van der Waals surface area (Å²) >= 11 is 0. The van der Waals surface area contributed by atoms with Gasteiger partial charge in [0.2, 0.25) is 0 Å². The normalized spacial score (nSPS) is 13.1. The average Bonchev–Trinajstić information content (AvgIpc) is 1.25. The van der Waals surface area contributed by atoms with Gasteiger partial charge in [-0.25, -0.2) is 0 Å². The van der Waals surface area contributed by atoms with Gasteiger partial charge in [-0.15, -0.1) is 108 Å². The van der Waals surface area contributed by atoms with Gasteiger partial charge in [0.15, 0.2) is 0 Å². The summed E-state index contributed by atoms with van der Waals surface area (Å²) in [6, 6.07) is 81.2. The van der Waals surface area contributed by atoms with Gasteiger partial charge in [-0.05, 0) is 178 Å². The van der Waals surface area contributed by atoms with Crippen LogP contribution in [0.4, 0.5) is 0 Å². The molecule has 0 spiro atoms. The smallest absolute Gasteiger partial charge is 0.0602 e. The van der Waals surface area contributed by atoms with Gasteiger partial charge < -0.3 is 13.7 Å². The number of hydrogen-bond acceptors (Lipinski definition) is 3. The Morgan fingerprint density at radius 3 is 0.969 bits per heavy atom. The number of nitrogens with zero attached hydrogens (tertiary/aromatic N) is 6. The zero-order valence-corrected chi connectivity index (χ0v) is 63.6. The molecule has 0 unspecified atom stereocenters. The van der Waals surface area contributed by atoms with Crippen molar-refractivity contribution in [3.63, 3.8) is 0 Å². The minimum absolute atomic E-state index is 0. The molecule has 2 aliphatic carbocycles. The molecule has 12 aromatic rings. The van der Waals surface area contributed by atoms with E-state index in [1.54, 1.807) is 0 Å². The monoisotopic (exact) mass is 1800 g/mol. The van der Waals surface area contributed by atoms with E-state index >= 15 is 0 Å². The molecule has 3 heterocycles. The summed E-state index contributed by atoms with van der Waals surface area (Å²) in [4.78, 5) is 14.2. The molecule has 2 fully saturated rings. The number of hydrogen-bond donors (Lipinski definition) is 0. The molecular formula is C87H89Ir3N6-3. The Morgan fingerprint density at radius 2 is 0.656 bits per heavy atom. The minimum atomic E-state index is 0. The summed E-state index contributed by atoms with van der Waals surface area (Å²) in [6.07, 6.45) is 29.3. The van der Waals surface area contributed by atoms with Crippen LogP contribution < -0.4 is 0 Å². The first kappa shape index (κ1) is 72.8. The molecule has 9 heteroatoms. The van der Waals surface area contributed by atoms with Crippen molar-refractivity contribution in [2.24, 2.45) is 11.8 Å². The number of imidazole rings is 3. The van der Waals surface area contributed by atoms with Crippen LogP contribution >= 0.6 is 0 Å². The van der Waals surface area contributed by atoms with Crippen molar-refractivity contribution in [1.82, 2.24) is 28.7 Å². The summed E-state index contributed by atoms with van der Waals surface area (Å²) in [5, 5.41) is 0. The van der Waals surface area contributed by atoms with Gasteiger partial charge in [-0.2, -0.15) is 0 Å². The van der Waals surface area contributed by atoms with Crippen molar-refractivity contribution < 1.29 is 60.3 Å². The molecule has 0 atom stereocenters. The largest absolute Gasteiger partial charge is 0.340 e. The van der Waals surface area contributed by atoms with E-state index in [-0.39, 0.29) is 60.3 Å². The second-order valence-corrected chi connectivity index (χ2v) is 26.2. The van der Waals surface area contributed by atoms with Crippen LogP contribution in [-0.4, -0.2) is 28.7 Å². The second-order valence-electron chi connectivity index (χ2n) is 26.2. The molecule has 497 valence electrons. The summed E-state index contributed by atoms with van der Waals surface area (Å²) in [6.45, 7) is 13.6. The van der Waals surface area contributed by atoms with Crippen molar-refractivity contribution >= 4 is 0 Å². The van der Waals surface area contributed by atoms with E-state index < -0.39 is 0 Å². The van der Waals surface area contributed by atoms with Crippen molar-refractivity contribution in [3.8, 4) is 84.6 Å². The van der Waals surface area contributed by atoms with E-state index in [1.165, 1.54) is 148 Å². The van der Waals surface area contributed by atoms with Crippen LogP contribution in [-0.2, 0) is 86.0 Å². The first-order valence-corrected chi connectivity index (χ1v) is 34.4. The molecule has 0 bridgehead atoms. The average molecular weight is 1800 g/mol. The van der Waals surface area contributed by atoms with Gasteiger partial charge >= 0.3 is 0 Å². The minimum Gasteiger partial charge on any atom is -0.340 e. The fraction of sp³-hybridized carbons (Fsp3) is 0.276. The van der Waals surface area contributed by atoms with E-state index in [0.717, 1.165) is 59.8 Å². The number of aryl methyl sites for hydroxylation is 2. The van der Waals surface area contributed by atoms with E-state index in [9.17, 15) is 0 Å². The summed E-state index contributed by atoms with van der Waals surface area (Å²) < 4.78 is 6.89. The molecule has 0 saturated heterocycles. The molecule has 0 amide bonds. The SMILES string of the molecule is CC(C)Cc1cc(-c2ccccc2)cc(CC(C)C)c1-n1ccnc1-c1[c-]cccc1.CCc1cc(-c2ccccc2)cc(CC)c1-n1ccnc1-c1[c-]cccc1.[Ir].[Ir].[Ir].[c-]1ccccc1-c1nccn1-c1c(C2CCCCC2)cc(-c2ccccc2)cc1C1CCCCC1. The predicted molar refractivity (Wildman–Crippen MR) is 387 cm³/mol. The Kier molecular flexibility index (Phi) is 27.1. The molecular weight excluding hydrogens is 1710 g/mol. The fourth-order valence-electron chi connectivity index (χ4n) is 14.3. The number of aromatic nitrogens is 6. The Morgan fingerprint density at radius 1 is 0.354 bits per heavy atom. The van der Waals surface area contributed by atoms with Gasteiger partial charge in [0, 0.05) is 115 Å². The molecule has 0 aliphatic heterocycles. The van der Waals surface area contributed by atoms with Crippen LogP contribution in [0.2, 0.25) is 0 Å². The fourth-order valence-corrected chi connectivity index (χ4v) is 14.3. The first-order chi connectivity index (χ1) is 45.7. The Balaban J connectivity index is 0.000000168. The van der Waals surface area contributed by atoms with Crippen LogP contribution in [0.5, 0.6) is 0 Å². The van der Waals surface area contributed by atoms with Crippen LogP contribution in [0.25, 0.3) is 84.6 Å².